The summed E-state index contributed by atoms with van der Waals surface area (Å²) in [4.78, 5) is 17.3. The fourth-order valence-electron chi connectivity index (χ4n) is 3.64. The lowest BCUT2D eigenvalue weighted by Crippen LogP contribution is -2.55. The van der Waals surface area contributed by atoms with Gasteiger partial charge in [0.15, 0.2) is 0 Å². The molecule has 2 atom stereocenters. The van der Waals surface area contributed by atoms with Gasteiger partial charge in [-0.2, -0.15) is 0 Å². The maximum atomic E-state index is 12.6. The topological polar surface area (TPSA) is 42.0 Å². The van der Waals surface area contributed by atoms with Crippen LogP contribution in [0, 0.1) is 0 Å². The van der Waals surface area contributed by atoms with E-state index < -0.39 is 0 Å². The van der Waals surface area contributed by atoms with Crippen molar-refractivity contribution in [2.75, 3.05) is 52.6 Å². The van der Waals surface area contributed by atoms with E-state index in [9.17, 15) is 4.79 Å². The van der Waals surface area contributed by atoms with Gasteiger partial charge in [-0.1, -0.05) is 28.1 Å². The number of halogens is 1. The van der Waals surface area contributed by atoms with Gasteiger partial charge < -0.3 is 9.47 Å². The molecule has 1 aromatic rings. The number of carbonyl (C=O) groups excluding carboxylic acids is 1. The number of morpholine rings is 2. The quantitative estimate of drug-likeness (QED) is 0.762. The van der Waals surface area contributed by atoms with E-state index in [2.05, 4.69) is 50.0 Å². The maximum Gasteiger partial charge on any atom is 0.148 e. The van der Waals surface area contributed by atoms with Crippen molar-refractivity contribution in [2.45, 2.75) is 19.0 Å². The number of benzene rings is 1. The second-order valence-corrected chi connectivity index (χ2v) is 7.26. The minimum atomic E-state index is -0.145. The summed E-state index contributed by atoms with van der Waals surface area (Å²) in [5, 5.41) is 0. The van der Waals surface area contributed by atoms with Crippen LogP contribution >= 0.6 is 15.9 Å². The lowest BCUT2D eigenvalue weighted by atomic mass is 9.93. The van der Waals surface area contributed by atoms with E-state index >= 15 is 0 Å². The van der Waals surface area contributed by atoms with Gasteiger partial charge in [-0.25, -0.2) is 0 Å². The standard InChI is InChI=1S/C18H25BrN2O3/c1-14(22)17(20-6-10-23-11-7-20)18(21-8-12-24-13-9-21)15-2-4-16(19)5-3-15/h2-5,17-18H,6-13H2,1H3/t17-,18-/m0/s1. The number of nitrogens with zero attached hydrogens (tertiary/aromatic N) is 2. The maximum absolute atomic E-state index is 12.6. The van der Waals surface area contributed by atoms with Gasteiger partial charge in [0.25, 0.3) is 0 Å². The summed E-state index contributed by atoms with van der Waals surface area (Å²) in [6, 6.07) is 8.27. The van der Waals surface area contributed by atoms with Gasteiger partial charge in [0.2, 0.25) is 0 Å². The molecule has 2 saturated heterocycles. The van der Waals surface area contributed by atoms with E-state index in [0.717, 1.165) is 43.9 Å². The van der Waals surface area contributed by atoms with Crippen molar-refractivity contribution in [3.05, 3.63) is 34.3 Å². The van der Waals surface area contributed by atoms with E-state index in [1.54, 1.807) is 6.92 Å². The van der Waals surface area contributed by atoms with Gasteiger partial charge in [0, 0.05) is 30.7 Å². The first-order valence-electron chi connectivity index (χ1n) is 8.56. The Kier molecular flexibility index (Phi) is 6.41. The lowest BCUT2D eigenvalue weighted by Gasteiger charge is -2.43. The number of hydrogen-bond acceptors (Lipinski definition) is 5. The molecule has 5 nitrogen and oxygen atoms in total. The molecule has 0 unspecified atom stereocenters. The molecule has 1 aromatic carbocycles. The molecule has 0 aliphatic carbocycles. The van der Waals surface area contributed by atoms with Gasteiger partial charge in [0.1, 0.15) is 5.78 Å². The number of ether oxygens (including phenoxy) is 2. The summed E-state index contributed by atoms with van der Waals surface area (Å²) in [6.07, 6.45) is 0. The van der Waals surface area contributed by atoms with E-state index in [0.29, 0.717) is 13.2 Å². The zero-order valence-electron chi connectivity index (χ0n) is 14.1. The van der Waals surface area contributed by atoms with Crippen molar-refractivity contribution >= 4 is 21.7 Å². The minimum Gasteiger partial charge on any atom is -0.379 e. The third kappa shape index (κ3) is 4.24. The average molecular weight is 397 g/mol. The van der Waals surface area contributed by atoms with Crippen LogP contribution in [0.1, 0.15) is 18.5 Å². The van der Waals surface area contributed by atoms with Gasteiger partial charge in [-0.15, -0.1) is 0 Å². The smallest absolute Gasteiger partial charge is 0.148 e. The van der Waals surface area contributed by atoms with Crippen LogP contribution in [-0.4, -0.2) is 74.2 Å². The monoisotopic (exact) mass is 396 g/mol. The Balaban J connectivity index is 1.93. The molecule has 2 heterocycles. The highest BCUT2D eigenvalue weighted by atomic mass is 79.9. The number of hydrogen-bond donors (Lipinski definition) is 0. The molecule has 3 rings (SSSR count). The Morgan fingerprint density at radius 3 is 1.96 bits per heavy atom. The number of rotatable bonds is 5. The molecule has 6 heteroatoms. The molecule has 0 bridgehead atoms. The zero-order valence-corrected chi connectivity index (χ0v) is 15.7. The Bertz CT molecular complexity index is 540. The summed E-state index contributed by atoms with van der Waals surface area (Å²) in [7, 11) is 0. The van der Waals surface area contributed by atoms with Crippen LogP contribution in [-0.2, 0) is 14.3 Å². The molecule has 2 fully saturated rings. The van der Waals surface area contributed by atoms with Gasteiger partial charge in [-0.3, -0.25) is 14.6 Å². The molecule has 2 aliphatic rings. The molecule has 24 heavy (non-hydrogen) atoms. The van der Waals surface area contributed by atoms with Crippen LogP contribution in [0.2, 0.25) is 0 Å². The van der Waals surface area contributed by atoms with Gasteiger partial charge in [0.05, 0.1) is 38.5 Å². The summed E-state index contributed by atoms with van der Waals surface area (Å²) in [6.45, 7) is 7.88. The summed E-state index contributed by atoms with van der Waals surface area (Å²) < 4.78 is 12.1. The summed E-state index contributed by atoms with van der Waals surface area (Å²) in [5.41, 5.74) is 1.19. The molecule has 0 spiro atoms. The fraction of sp³-hybridized carbons (Fsp3) is 0.611. The molecular weight excluding hydrogens is 372 g/mol. The van der Waals surface area contributed by atoms with Crippen molar-refractivity contribution in [3.8, 4) is 0 Å². The van der Waals surface area contributed by atoms with Gasteiger partial charge in [-0.05, 0) is 24.6 Å². The predicted molar refractivity (Wildman–Crippen MR) is 96.1 cm³/mol. The van der Waals surface area contributed by atoms with E-state index in [-0.39, 0.29) is 17.9 Å². The summed E-state index contributed by atoms with van der Waals surface area (Å²) in [5.74, 6) is 0.219. The van der Waals surface area contributed by atoms with Crippen molar-refractivity contribution in [1.29, 1.82) is 0 Å². The van der Waals surface area contributed by atoms with Crippen LogP contribution < -0.4 is 0 Å². The highest BCUT2D eigenvalue weighted by Crippen LogP contribution is 2.30. The predicted octanol–water partition coefficient (Wildman–Crippen LogP) is 2.11. The normalized spacial score (nSPS) is 22.9. The number of carbonyl (C=O) groups is 1. The first-order valence-corrected chi connectivity index (χ1v) is 9.35. The summed E-state index contributed by atoms with van der Waals surface area (Å²) >= 11 is 3.51. The molecule has 2 aliphatic heterocycles. The Morgan fingerprint density at radius 1 is 0.958 bits per heavy atom. The second kappa shape index (κ2) is 8.54. The van der Waals surface area contributed by atoms with Crippen LogP contribution in [0.3, 0.4) is 0 Å². The largest absolute Gasteiger partial charge is 0.379 e. The molecule has 0 amide bonds. The van der Waals surface area contributed by atoms with Crippen LogP contribution in [0.5, 0.6) is 0 Å². The van der Waals surface area contributed by atoms with Gasteiger partial charge >= 0.3 is 0 Å². The van der Waals surface area contributed by atoms with Crippen LogP contribution in [0.15, 0.2) is 28.7 Å². The van der Waals surface area contributed by atoms with Crippen LogP contribution in [0.4, 0.5) is 0 Å². The number of Topliss-reactive ketones (excluding diaryl/α,β-unsaturated/α-hetero) is 1. The lowest BCUT2D eigenvalue weighted by molar-refractivity contribution is -0.128. The van der Waals surface area contributed by atoms with Crippen LogP contribution in [0.25, 0.3) is 0 Å². The zero-order chi connectivity index (χ0) is 16.9. The van der Waals surface area contributed by atoms with Crippen molar-refractivity contribution in [1.82, 2.24) is 9.80 Å². The van der Waals surface area contributed by atoms with E-state index in [1.807, 2.05) is 0 Å². The number of ketones is 1. The first-order chi connectivity index (χ1) is 11.7. The van der Waals surface area contributed by atoms with E-state index in [1.165, 1.54) is 5.56 Å². The Hall–Kier alpha value is -0.790. The highest BCUT2D eigenvalue weighted by molar-refractivity contribution is 9.10. The molecule has 0 aromatic heterocycles. The second-order valence-electron chi connectivity index (χ2n) is 6.35. The average Bonchev–Trinajstić information content (AvgIpc) is 2.62. The highest BCUT2D eigenvalue weighted by Gasteiger charge is 2.37. The van der Waals surface area contributed by atoms with E-state index in [4.69, 9.17) is 9.47 Å². The molecular formula is C18H25BrN2O3. The Labute approximate surface area is 152 Å². The molecule has 0 N–H and O–H groups in total. The SMILES string of the molecule is CC(=O)[C@@H]([C@H](c1ccc(Br)cc1)N1CCOCC1)N1CCOCC1. The molecule has 132 valence electrons. The minimum absolute atomic E-state index is 0.0533. The fourth-order valence-corrected chi connectivity index (χ4v) is 3.91. The molecule has 0 radical (unpaired) electrons. The third-order valence-corrected chi connectivity index (χ3v) is 5.33. The first kappa shape index (κ1) is 18.0. The van der Waals surface area contributed by atoms with Crippen molar-refractivity contribution < 1.29 is 14.3 Å². The molecule has 0 saturated carbocycles. The van der Waals surface area contributed by atoms with Crippen molar-refractivity contribution in [2.24, 2.45) is 0 Å². The van der Waals surface area contributed by atoms with Crippen molar-refractivity contribution in [3.63, 3.8) is 0 Å². The third-order valence-electron chi connectivity index (χ3n) is 4.81. The Morgan fingerprint density at radius 2 is 1.46 bits per heavy atom.